The van der Waals surface area contributed by atoms with Gasteiger partial charge in [0.25, 0.3) is 0 Å². The number of aromatic amines is 1. The van der Waals surface area contributed by atoms with Gasteiger partial charge in [-0.2, -0.15) is 0 Å². The van der Waals surface area contributed by atoms with Crippen molar-refractivity contribution in [2.75, 3.05) is 5.73 Å². The number of H-pyrrole nitrogens is 1. The molecule has 1 aromatic heterocycles. The molecule has 0 aliphatic carbocycles. The molecule has 0 unspecified atom stereocenters. The maximum absolute atomic E-state index is 5.76. The number of thioether (sulfide) groups is 1. The Morgan fingerprint density at radius 1 is 1.16 bits per heavy atom. The van der Waals surface area contributed by atoms with Crippen molar-refractivity contribution in [2.24, 2.45) is 0 Å². The van der Waals surface area contributed by atoms with Gasteiger partial charge in [0.1, 0.15) is 0 Å². The molecule has 0 saturated carbocycles. The summed E-state index contributed by atoms with van der Waals surface area (Å²) in [5, 5.41) is 0.932. The van der Waals surface area contributed by atoms with Crippen LogP contribution in [0.25, 0.3) is 11.0 Å². The molecule has 2 aromatic carbocycles. The Kier molecular flexibility index (Phi) is 3.17. The molecule has 3 rings (SSSR count). The Morgan fingerprint density at radius 2 is 1.95 bits per heavy atom. The Labute approximate surface area is 116 Å². The predicted molar refractivity (Wildman–Crippen MR) is 81.2 cm³/mol. The van der Waals surface area contributed by atoms with Crippen molar-refractivity contribution in [3.8, 4) is 0 Å². The number of hydrogen-bond acceptors (Lipinski definition) is 3. The molecule has 19 heavy (non-hydrogen) atoms. The molecule has 0 fully saturated rings. The summed E-state index contributed by atoms with van der Waals surface area (Å²) in [5.41, 5.74) is 11.1. The van der Waals surface area contributed by atoms with E-state index < -0.39 is 0 Å². The molecule has 0 spiro atoms. The van der Waals surface area contributed by atoms with Gasteiger partial charge in [0.05, 0.1) is 11.0 Å². The minimum absolute atomic E-state index is 0.756. The highest BCUT2D eigenvalue weighted by Crippen LogP contribution is 2.24. The number of rotatable bonds is 3. The summed E-state index contributed by atoms with van der Waals surface area (Å²) in [4.78, 5) is 7.83. The van der Waals surface area contributed by atoms with Crippen LogP contribution in [0.5, 0.6) is 0 Å². The summed E-state index contributed by atoms with van der Waals surface area (Å²) in [6.45, 7) is 2.10. The molecular formula is C15H15N3S. The number of benzene rings is 2. The molecule has 4 heteroatoms. The summed E-state index contributed by atoms with van der Waals surface area (Å²) in [5.74, 6) is 0.912. The van der Waals surface area contributed by atoms with E-state index in [1.807, 2.05) is 18.2 Å². The van der Waals surface area contributed by atoms with Crippen LogP contribution in [-0.4, -0.2) is 9.97 Å². The lowest BCUT2D eigenvalue weighted by Gasteiger charge is -1.99. The van der Waals surface area contributed by atoms with E-state index >= 15 is 0 Å². The summed E-state index contributed by atoms with van der Waals surface area (Å²) in [7, 11) is 0. The third-order valence-electron chi connectivity index (χ3n) is 2.98. The fraction of sp³-hybridized carbons (Fsp3) is 0.133. The number of aryl methyl sites for hydroxylation is 1. The zero-order valence-electron chi connectivity index (χ0n) is 10.7. The average molecular weight is 269 g/mol. The van der Waals surface area contributed by atoms with Gasteiger partial charge in [-0.05, 0) is 30.7 Å². The second-order valence-electron chi connectivity index (χ2n) is 4.59. The summed E-state index contributed by atoms with van der Waals surface area (Å²) in [6.07, 6.45) is 0. The highest BCUT2D eigenvalue weighted by molar-refractivity contribution is 7.98. The molecule has 0 aliphatic heterocycles. The molecule has 0 bridgehead atoms. The van der Waals surface area contributed by atoms with Crippen molar-refractivity contribution in [3.63, 3.8) is 0 Å². The molecule has 0 aliphatic rings. The van der Waals surface area contributed by atoms with Gasteiger partial charge in [0.2, 0.25) is 0 Å². The number of nitrogens with one attached hydrogen (secondary N) is 1. The number of nitrogens with zero attached hydrogens (tertiary/aromatic N) is 1. The minimum atomic E-state index is 0.756. The van der Waals surface area contributed by atoms with E-state index in [2.05, 4.69) is 41.2 Å². The van der Waals surface area contributed by atoms with Gasteiger partial charge in [0, 0.05) is 11.4 Å². The number of aromatic nitrogens is 2. The minimum Gasteiger partial charge on any atom is -0.399 e. The Bertz CT molecular complexity index is 701. The molecule has 3 aromatic rings. The quantitative estimate of drug-likeness (QED) is 0.562. The third-order valence-corrected chi connectivity index (χ3v) is 3.92. The molecule has 3 nitrogen and oxygen atoms in total. The maximum Gasteiger partial charge on any atom is 0.166 e. The molecule has 3 N–H and O–H groups in total. The first-order valence-electron chi connectivity index (χ1n) is 6.14. The lowest BCUT2D eigenvalue weighted by molar-refractivity contribution is 1.08. The monoisotopic (exact) mass is 269 g/mol. The van der Waals surface area contributed by atoms with Gasteiger partial charge in [-0.15, -0.1) is 0 Å². The number of anilines is 1. The summed E-state index contributed by atoms with van der Waals surface area (Å²) >= 11 is 1.70. The normalized spacial score (nSPS) is 11.0. The van der Waals surface area contributed by atoms with Crippen molar-refractivity contribution >= 4 is 28.5 Å². The number of nitrogen functional groups attached to an aromatic ring is 1. The summed E-state index contributed by atoms with van der Waals surface area (Å²) < 4.78 is 0. The SMILES string of the molecule is Cc1ccc(CSc2nc3ccc(N)cc3[nH]2)cc1. The van der Waals surface area contributed by atoms with Crippen LogP contribution in [0.1, 0.15) is 11.1 Å². The van der Waals surface area contributed by atoms with Crippen molar-refractivity contribution in [1.29, 1.82) is 0 Å². The van der Waals surface area contributed by atoms with Crippen LogP contribution in [0, 0.1) is 6.92 Å². The van der Waals surface area contributed by atoms with Crippen LogP contribution < -0.4 is 5.73 Å². The lowest BCUT2D eigenvalue weighted by atomic mass is 10.2. The van der Waals surface area contributed by atoms with Crippen LogP contribution in [0.3, 0.4) is 0 Å². The highest BCUT2D eigenvalue weighted by Gasteiger charge is 2.04. The van der Waals surface area contributed by atoms with E-state index in [0.717, 1.165) is 27.6 Å². The van der Waals surface area contributed by atoms with Gasteiger partial charge in [-0.3, -0.25) is 0 Å². The third kappa shape index (κ3) is 2.74. The fourth-order valence-corrected chi connectivity index (χ4v) is 2.75. The highest BCUT2D eigenvalue weighted by atomic mass is 32.2. The smallest absolute Gasteiger partial charge is 0.166 e. The Morgan fingerprint density at radius 3 is 2.74 bits per heavy atom. The number of nitrogens with two attached hydrogens (primary N) is 1. The molecule has 0 atom stereocenters. The van der Waals surface area contributed by atoms with Gasteiger partial charge >= 0.3 is 0 Å². The zero-order chi connectivity index (χ0) is 13.2. The van der Waals surface area contributed by atoms with E-state index in [4.69, 9.17) is 5.73 Å². The molecular weight excluding hydrogens is 254 g/mol. The predicted octanol–water partition coefficient (Wildman–Crippen LogP) is 3.75. The van der Waals surface area contributed by atoms with Crippen LogP contribution in [0.2, 0.25) is 0 Å². The van der Waals surface area contributed by atoms with E-state index in [9.17, 15) is 0 Å². The second kappa shape index (κ2) is 4.97. The van der Waals surface area contributed by atoms with Gasteiger partial charge in [-0.25, -0.2) is 4.98 Å². The van der Waals surface area contributed by atoms with E-state index in [1.54, 1.807) is 11.8 Å². The molecule has 0 amide bonds. The van der Waals surface area contributed by atoms with Gasteiger partial charge in [0.15, 0.2) is 5.16 Å². The van der Waals surface area contributed by atoms with E-state index in [0.29, 0.717) is 0 Å². The van der Waals surface area contributed by atoms with Crippen molar-refractivity contribution in [2.45, 2.75) is 17.8 Å². The maximum atomic E-state index is 5.76. The molecule has 0 radical (unpaired) electrons. The average Bonchev–Trinajstić information content (AvgIpc) is 2.80. The van der Waals surface area contributed by atoms with Crippen molar-refractivity contribution in [1.82, 2.24) is 9.97 Å². The van der Waals surface area contributed by atoms with Crippen LogP contribution in [0.15, 0.2) is 47.6 Å². The zero-order valence-corrected chi connectivity index (χ0v) is 11.5. The van der Waals surface area contributed by atoms with E-state index in [1.165, 1.54) is 11.1 Å². The standard InChI is InChI=1S/C15H15N3S/c1-10-2-4-11(5-3-10)9-19-15-17-13-7-6-12(16)8-14(13)18-15/h2-8H,9,16H2,1H3,(H,17,18). The van der Waals surface area contributed by atoms with Gasteiger partial charge < -0.3 is 10.7 Å². The lowest BCUT2D eigenvalue weighted by Crippen LogP contribution is -1.82. The number of fused-ring (bicyclic) bond motifs is 1. The molecule has 96 valence electrons. The second-order valence-corrected chi connectivity index (χ2v) is 5.56. The van der Waals surface area contributed by atoms with Gasteiger partial charge in [-0.1, -0.05) is 41.6 Å². The largest absolute Gasteiger partial charge is 0.399 e. The number of imidazole rings is 1. The topological polar surface area (TPSA) is 54.7 Å². The van der Waals surface area contributed by atoms with Crippen molar-refractivity contribution < 1.29 is 0 Å². The van der Waals surface area contributed by atoms with Crippen LogP contribution in [0.4, 0.5) is 5.69 Å². The first-order chi connectivity index (χ1) is 9.20. The molecule has 0 saturated heterocycles. The first-order valence-corrected chi connectivity index (χ1v) is 7.13. The first kappa shape index (κ1) is 12.1. The fourth-order valence-electron chi connectivity index (χ4n) is 1.91. The van der Waals surface area contributed by atoms with Crippen LogP contribution in [-0.2, 0) is 5.75 Å². The van der Waals surface area contributed by atoms with E-state index in [-0.39, 0.29) is 0 Å². The Balaban J connectivity index is 1.76. The summed E-state index contributed by atoms with van der Waals surface area (Å²) in [6, 6.07) is 14.3. The Hall–Kier alpha value is -1.94. The van der Waals surface area contributed by atoms with Crippen LogP contribution >= 0.6 is 11.8 Å². The van der Waals surface area contributed by atoms with Crippen molar-refractivity contribution in [3.05, 3.63) is 53.6 Å². The number of hydrogen-bond donors (Lipinski definition) is 2. The molecule has 1 heterocycles.